The van der Waals surface area contributed by atoms with Gasteiger partial charge in [-0.2, -0.15) is 5.10 Å². The molecule has 7 heteroatoms. The highest BCUT2D eigenvalue weighted by atomic mass is 16.5. The van der Waals surface area contributed by atoms with E-state index in [1.807, 2.05) is 31.3 Å². The first-order valence-electron chi connectivity index (χ1n) is 11.9. The average Bonchev–Trinajstić information content (AvgIpc) is 3.46. The van der Waals surface area contributed by atoms with Crippen LogP contribution in [0.15, 0.2) is 40.4 Å². The Balaban J connectivity index is 1.64. The summed E-state index contributed by atoms with van der Waals surface area (Å²) in [6.07, 6.45) is 11.1. The molecular weight excluding hydrogens is 438 g/mol. The van der Waals surface area contributed by atoms with E-state index in [4.69, 9.17) is 11.2 Å². The maximum atomic E-state index is 10.1. The molecule has 0 spiro atoms. The Bertz CT molecular complexity index is 1290. The van der Waals surface area contributed by atoms with Gasteiger partial charge in [-0.05, 0) is 43.3 Å². The largest absolute Gasteiger partial charge is 0.507 e. The molecule has 0 saturated carbocycles. The number of phenolic OH excluding ortho intramolecular Hbond substituents is 1. The molecule has 7 nitrogen and oxygen atoms in total. The minimum absolute atomic E-state index is 0.0585. The normalized spacial score (nSPS) is 20.9. The van der Waals surface area contributed by atoms with Crippen LogP contribution >= 0.6 is 0 Å². The molecule has 0 radical (unpaired) electrons. The lowest BCUT2D eigenvalue weighted by molar-refractivity contribution is 0.208. The predicted molar refractivity (Wildman–Crippen MR) is 143 cm³/mol. The summed E-state index contributed by atoms with van der Waals surface area (Å²) in [6, 6.07) is 9.60. The monoisotopic (exact) mass is 471 g/mol. The van der Waals surface area contributed by atoms with Crippen LogP contribution in [0.3, 0.4) is 0 Å². The van der Waals surface area contributed by atoms with Gasteiger partial charge in [0.25, 0.3) is 0 Å². The third kappa shape index (κ3) is 6.03. The Labute approximate surface area is 207 Å². The number of ether oxygens (including phenoxy) is 1. The SMILES string of the molecule is C#Cc1cc(O)c(=C)/c(=C\N=C(CC)Nc2cc(O[C@@H]3CCN(C)C3)cc(C3C=NN(C)C3)c2)c1. The second kappa shape index (κ2) is 10.7. The zero-order valence-electron chi connectivity index (χ0n) is 20.7. The van der Waals surface area contributed by atoms with Gasteiger partial charge in [-0.3, -0.25) is 5.01 Å². The van der Waals surface area contributed by atoms with Crippen molar-refractivity contribution in [2.45, 2.75) is 31.8 Å². The van der Waals surface area contributed by atoms with Gasteiger partial charge in [0.1, 0.15) is 23.4 Å². The summed E-state index contributed by atoms with van der Waals surface area (Å²) < 4.78 is 6.37. The molecule has 0 amide bonds. The van der Waals surface area contributed by atoms with Crippen LogP contribution in [0.5, 0.6) is 11.5 Å². The van der Waals surface area contributed by atoms with Crippen LogP contribution in [-0.4, -0.2) is 66.9 Å². The van der Waals surface area contributed by atoms with Crippen molar-refractivity contribution in [1.29, 1.82) is 0 Å². The molecule has 1 saturated heterocycles. The maximum Gasteiger partial charge on any atom is 0.124 e. The van der Waals surface area contributed by atoms with E-state index < -0.39 is 0 Å². The quantitative estimate of drug-likeness (QED) is 0.385. The molecule has 2 aliphatic rings. The molecule has 2 aromatic carbocycles. The Morgan fingerprint density at radius 3 is 2.80 bits per heavy atom. The topological polar surface area (TPSA) is 72.7 Å². The van der Waals surface area contributed by atoms with E-state index in [-0.39, 0.29) is 17.8 Å². The van der Waals surface area contributed by atoms with Crippen LogP contribution in [0.4, 0.5) is 5.69 Å². The van der Waals surface area contributed by atoms with E-state index >= 15 is 0 Å². The van der Waals surface area contributed by atoms with Gasteiger partial charge in [0.2, 0.25) is 0 Å². The molecule has 2 N–H and O–H groups in total. The van der Waals surface area contributed by atoms with Crippen molar-refractivity contribution >= 4 is 30.5 Å². The first-order chi connectivity index (χ1) is 16.8. The highest BCUT2D eigenvalue weighted by Crippen LogP contribution is 2.29. The maximum absolute atomic E-state index is 10.1. The molecule has 35 heavy (non-hydrogen) atoms. The van der Waals surface area contributed by atoms with Crippen LogP contribution in [0, 0.1) is 12.3 Å². The van der Waals surface area contributed by atoms with Crippen molar-refractivity contribution in [3.63, 3.8) is 0 Å². The molecule has 2 aromatic rings. The smallest absolute Gasteiger partial charge is 0.124 e. The van der Waals surface area contributed by atoms with Gasteiger partial charge >= 0.3 is 0 Å². The highest BCUT2D eigenvalue weighted by molar-refractivity contribution is 5.97. The standard InChI is InChI=1S/C28H33N5O2/c1-6-20-10-22(19(3)27(34)11-20)15-29-28(7-2)31-24-12-21(23-16-30-33(5)17-23)13-26(14-24)35-25-8-9-32(4)18-25/h1,10-16,23,25,34H,3,7-9,17-18H2,2,4-5H3,(H,29,31)/b22-15-/t23?,25-/m1/s1. The van der Waals surface area contributed by atoms with Gasteiger partial charge < -0.3 is 20.1 Å². The average molecular weight is 472 g/mol. The molecule has 2 atom stereocenters. The summed E-state index contributed by atoms with van der Waals surface area (Å²) in [5.74, 6) is 4.43. The van der Waals surface area contributed by atoms with E-state index in [1.165, 1.54) is 6.07 Å². The van der Waals surface area contributed by atoms with Gasteiger partial charge in [-0.25, -0.2) is 4.99 Å². The Morgan fingerprint density at radius 1 is 1.31 bits per heavy atom. The van der Waals surface area contributed by atoms with Crippen LogP contribution in [0.25, 0.3) is 12.8 Å². The number of rotatable bonds is 6. The van der Waals surface area contributed by atoms with Crippen LogP contribution < -0.4 is 20.5 Å². The van der Waals surface area contributed by atoms with Crippen LogP contribution in [-0.2, 0) is 0 Å². The molecule has 182 valence electrons. The second-order valence-corrected chi connectivity index (χ2v) is 9.18. The highest BCUT2D eigenvalue weighted by Gasteiger charge is 2.23. The number of likely N-dealkylation sites (N-methyl/N-ethyl adjacent to an activating group) is 2. The zero-order chi connectivity index (χ0) is 24.9. The predicted octanol–water partition coefficient (Wildman–Crippen LogP) is 2.54. The first-order valence-corrected chi connectivity index (χ1v) is 11.9. The number of nitrogens with one attached hydrogen (secondary N) is 1. The van der Waals surface area contributed by atoms with Crippen molar-refractivity contribution in [3.8, 4) is 23.8 Å². The molecule has 2 aliphatic heterocycles. The summed E-state index contributed by atoms with van der Waals surface area (Å²) in [5.41, 5.74) is 2.64. The minimum Gasteiger partial charge on any atom is -0.507 e. The third-order valence-corrected chi connectivity index (χ3v) is 6.32. The van der Waals surface area contributed by atoms with Crippen LogP contribution in [0.1, 0.15) is 36.8 Å². The first kappa shape index (κ1) is 24.4. The molecular formula is C28H33N5O2. The zero-order valence-corrected chi connectivity index (χ0v) is 20.7. The number of aromatic hydroxyl groups is 1. The van der Waals surface area contributed by atoms with E-state index in [0.29, 0.717) is 22.4 Å². The Kier molecular flexibility index (Phi) is 7.42. The van der Waals surface area contributed by atoms with Gasteiger partial charge in [0.05, 0.1) is 0 Å². The lowest BCUT2D eigenvalue weighted by Crippen LogP contribution is -2.24. The summed E-state index contributed by atoms with van der Waals surface area (Å²) in [5, 5.41) is 21.1. The molecule has 0 aromatic heterocycles. The van der Waals surface area contributed by atoms with E-state index in [2.05, 4.69) is 52.0 Å². The number of terminal acetylenes is 1. The lowest BCUT2D eigenvalue weighted by atomic mass is 9.99. The number of likely N-dealkylation sites (tertiary alicyclic amines) is 1. The van der Waals surface area contributed by atoms with Crippen molar-refractivity contribution < 1.29 is 9.84 Å². The van der Waals surface area contributed by atoms with Crippen molar-refractivity contribution in [3.05, 3.63) is 51.9 Å². The van der Waals surface area contributed by atoms with E-state index in [1.54, 1.807) is 12.3 Å². The third-order valence-electron chi connectivity index (χ3n) is 6.32. The number of anilines is 1. The van der Waals surface area contributed by atoms with Crippen LogP contribution in [0.2, 0.25) is 0 Å². The number of aliphatic imine (C=N–C) groups is 1. The number of amidine groups is 1. The number of nitrogens with zero attached hydrogens (tertiary/aromatic N) is 4. The fraction of sp³-hybridized carbons (Fsp3) is 0.357. The molecule has 4 rings (SSSR count). The molecule has 0 bridgehead atoms. The molecule has 0 aliphatic carbocycles. The summed E-state index contributed by atoms with van der Waals surface area (Å²) in [7, 11) is 4.10. The van der Waals surface area contributed by atoms with Gasteiger partial charge in [-0.1, -0.05) is 19.4 Å². The molecule has 2 heterocycles. The summed E-state index contributed by atoms with van der Waals surface area (Å²) >= 11 is 0. The fourth-order valence-electron chi connectivity index (χ4n) is 4.33. The molecule has 1 unspecified atom stereocenters. The van der Waals surface area contributed by atoms with Crippen molar-refractivity contribution in [2.24, 2.45) is 10.1 Å². The van der Waals surface area contributed by atoms with Gasteiger partial charge in [0, 0.05) is 79.2 Å². The van der Waals surface area contributed by atoms with Crippen molar-refractivity contribution in [2.75, 3.05) is 39.0 Å². The number of hydrogen-bond donors (Lipinski definition) is 2. The van der Waals surface area contributed by atoms with E-state index in [0.717, 1.165) is 48.9 Å². The number of benzene rings is 2. The number of hydrogen-bond acceptors (Lipinski definition) is 6. The molecule has 1 fully saturated rings. The van der Waals surface area contributed by atoms with Gasteiger partial charge in [0.15, 0.2) is 0 Å². The minimum atomic E-state index is 0.0585. The van der Waals surface area contributed by atoms with Gasteiger partial charge in [-0.15, -0.1) is 6.42 Å². The summed E-state index contributed by atoms with van der Waals surface area (Å²) in [6.45, 7) is 8.77. The van der Waals surface area contributed by atoms with Crippen molar-refractivity contribution in [1.82, 2.24) is 9.91 Å². The van der Waals surface area contributed by atoms with E-state index in [9.17, 15) is 5.11 Å². The second-order valence-electron chi connectivity index (χ2n) is 9.18. The lowest BCUT2D eigenvalue weighted by Gasteiger charge is -2.18. The summed E-state index contributed by atoms with van der Waals surface area (Å²) in [4.78, 5) is 6.93. The fourth-order valence-corrected chi connectivity index (χ4v) is 4.33. The number of phenols is 1. The Morgan fingerprint density at radius 2 is 2.14 bits per heavy atom. The Hall–Kier alpha value is -3.76. The number of hydrazone groups is 1.